The van der Waals surface area contributed by atoms with Crippen LogP contribution in [0.3, 0.4) is 0 Å². The van der Waals surface area contributed by atoms with Crippen LogP contribution >= 0.6 is 0 Å². The summed E-state index contributed by atoms with van der Waals surface area (Å²) in [4.78, 5) is 22.0. The number of nitrogens with two attached hydrogens (primary N) is 1. The summed E-state index contributed by atoms with van der Waals surface area (Å²) in [5.74, 6) is 0.0292. The summed E-state index contributed by atoms with van der Waals surface area (Å²) in [6, 6.07) is 0. The van der Waals surface area contributed by atoms with Crippen molar-refractivity contribution in [2.45, 2.75) is 19.3 Å². The van der Waals surface area contributed by atoms with Crippen LogP contribution in [-0.2, 0) is 4.74 Å². The van der Waals surface area contributed by atoms with Gasteiger partial charge in [-0.15, -0.1) is 0 Å². The van der Waals surface area contributed by atoms with Gasteiger partial charge in [0, 0.05) is 5.92 Å². The lowest BCUT2D eigenvalue weighted by molar-refractivity contribution is -0.00845. The summed E-state index contributed by atoms with van der Waals surface area (Å²) in [6.07, 6.45) is 0.182. The van der Waals surface area contributed by atoms with Crippen LogP contribution in [0.4, 0.5) is 5.95 Å². The maximum Gasteiger partial charge on any atom is 0.280 e. The van der Waals surface area contributed by atoms with Gasteiger partial charge in [0.15, 0.2) is 17.4 Å². The van der Waals surface area contributed by atoms with Gasteiger partial charge in [0.2, 0.25) is 5.95 Å². The van der Waals surface area contributed by atoms with E-state index in [1.54, 1.807) is 0 Å². The predicted octanol–water partition coefficient (Wildman–Crippen LogP) is -0.772. The molecule has 0 aromatic carbocycles. The molecule has 0 saturated carbocycles. The Morgan fingerprint density at radius 2 is 2.44 bits per heavy atom. The second-order valence-electron chi connectivity index (χ2n) is 4.47. The van der Waals surface area contributed by atoms with Crippen LogP contribution in [0.15, 0.2) is 11.1 Å². The van der Waals surface area contributed by atoms with Gasteiger partial charge >= 0.3 is 0 Å². The molecule has 18 heavy (non-hydrogen) atoms. The number of fused-ring (bicyclic) bond motifs is 1. The molecule has 8 nitrogen and oxygen atoms in total. The summed E-state index contributed by atoms with van der Waals surface area (Å²) in [5.41, 5.74) is 5.59. The highest BCUT2D eigenvalue weighted by Crippen LogP contribution is 2.29. The molecule has 0 bridgehead atoms. The van der Waals surface area contributed by atoms with Gasteiger partial charge < -0.3 is 15.6 Å². The van der Waals surface area contributed by atoms with E-state index in [4.69, 9.17) is 10.5 Å². The molecule has 4 N–H and O–H groups in total. The topological polar surface area (TPSA) is 119 Å². The molecule has 1 fully saturated rings. The number of nitrogens with one attached hydrogen (secondary N) is 1. The van der Waals surface area contributed by atoms with Crippen LogP contribution in [0.1, 0.15) is 13.2 Å². The number of ether oxygens (including phenoxy) is 1. The first-order valence-corrected chi connectivity index (χ1v) is 5.60. The van der Waals surface area contributed by atoms with Gasteiger partial charge in [-0.2, -0.15) is 4.98 Å². The molecule has 1 saturated heterocycles. The fourth-order valence-corrected chi connectivity index (χ4v) is 2.10. The number of hydrogen-bond acceptors (Lipinski definition) is 6. The Morgan fingerprint density at radius 1 is 1.67 bits per heavy atom. The van der Waals surface area contributed by atoms with Crippen molar-refractivity contribution in [3.8, 4) is 0 Å². The lowest BCUT2D eigenvalue weighted by Gasteiger charge is -2.16. The van der Waals surface area contributed by atoms with Gasteiger partial charge in [0.1, 0.15) is 6.10 Å². The van der Waals surface area contributed by atoms with E-state index in [2.05, 4.69) is 15.0 Å². The fraction of sp³-hybridized carbons (Fsp3) is 0.500. The third kappa shape index (κ3) is 1.50. The standard InChI is InChI=1S/C10H13N5O3/c1-4-2-18-9(6(4)16)15-3-12-5-7(15)13-10(11)14-8(5)17/h3-4,6,9,16H,2H2,1H3,(H3,11,13,14,17). The summed E-state index contributed by atoms with van der Waals surface area (Å²) in [5, 5.41) is 10.0. The number of H-pyrrole nitrogens is 1. The molecule has 1 aliphatic rings. The number of imidazole rings is 1. The number of aromatic amines is 1. The van der Waals surface area contributed by atoms with Crippen molar-refractivity contribution in [2.24, 2.45) is 5.92 Å². The molecule has 2 aromatic heterocycles. The van der Waals surface area contributed by atoms with Gasteiger partial charge in [-0.1, -0.05) is 6.92 Å². The van der Waals surface area contributed by atoms with Gasteiger partial charge in [0.05, 0.1) is 12.9 Å². The SMILES string of the molecule is CC1COC(n2cnc3c(=O)[nH]c(N)nc32)C1O. The Bertz CT molecular complexity index is 648. The zero-order valence-corrected chi connectivity index (χ0v) is 9.70. The molecule has 2 aromatic rings. The molecule has 0 amide bonds. The quantitative estimate of drug-likeness (QED) is 0.612. The maximum atomic E-state index is 11.6. The molecule has 3 atom stereocenters. The number of anilines is 1. The van der Waals surface area contributed by atoms with Crippen LogP contribution in [0.5, 0.6) is 0 Å². The van der Waals surface area contributed by atoms with Crippen molar-refractivity contribution in [3.05, 3.63) is 16.7 Å². The molecule has 0 aliphatic carbocycles. The number of nitrogens with zero attached hydrogens (tertiary/aromatic N) is 3. The van der Waals surface area contributed by atoms with Crippen LogP contribution in [0.25, 0.3) is 11.2 Å². The molecule has 0 spiro atoms. The summed E-state index contributed by atoms with van der Waals surface area (Å²) < 4.78 is 7.03. The highest BCUT2D eigenvalue weighted by molar-refractivity contribution is 5.70. The summed E-state index contributed by atoms with van der Waals surface area (Å²) in [7, 11) is 0. The largest absolute Gasteiger partial charge is 0.388 e. The fourth-order valence-electron chi connectivity index (χ4n) is 2.10. The molecular weight excluding hydrogens is 238 g/mol. The molecule has 3 rings (SSSR count). The van der Waals surface area contributed by atoms with Crippen LogP contribution in [0, 0.1) is 5.92 Å². The minimum absolute atomic E-state index is 0.00906. The van der Waals surface area contributed by atoms with Gasteiger partial charge in [-0.05, 0) is 0 Å². The highest BCUT2D eigenvalue weighted by atomic mass is 16.5. The van der Waals surface area contributed by atoms with Crippen molar-refractivity contribution in [1.82, 2.24) is 19.5 Å². The molecule has 8 heteroatoms. The number of aliphatic hydroxyl groups excluding tert-OH is 1. The lowest BCUT2D eigenvalue weighted by atomic mass is 10.1. The number of aliphatic hydroxyl groups is 1. The van der Waals surface area contributed by atoms with Crippen LogP contribution in [-0.4, -0.2) is 37.3 Å². The van der Waals surface area contributed by atoms with Crippen LogP contribution < -0.4 is 11.3 Å². The number of hydrogen-bond donors (Lipinski definition) is 3. The smallest absolute Gasteiger partial charge is 0.280 e. The van der Waals surface area contributed by atoms with Crippen molar-refractivity contribution < 1.29 is 9.84 Å². The maximum absolute atomic E-state index is 11.6. The number of nitrogen functional groups attached to an aromatic ring is 1. The minimum Gasteiger partial charge on any atom is -0.388 e. The molecule has 1 aliphatic heterocycles. The summed E-state index contributed by atoms with van der Waals surface area (Å²) in [6.45, 7) is 2.34. The Hall–Kier alpha value is -1.93. The van der Waals surface area contributed by atoms with Crippen molar-refractivity contribution in [3.63, 3.8) is 0 Å². The zero-order valence-electron chi connectivity index (χ0n) is 9.70. The summed E-state index contributed by atoms with van der Waals surface area (Å²) >= 11 is 0. The third-order valence-corrected chi connectivity index (χ3v) is 3.13. The Morgan fingerprint density at radius 3 is 3.11 bits per heavy atom. The van der Waals surface area contributed by atoms with Gasteiger partial charge in [-0.3, -0.25) is 14.3 Å². The van der Waals surface area contributed by atoms with E-state index in [0.29, 0.717) is 12.3 Å². The van der Waals surface area contributed by atoms with Crippen molar-refractivity contribution >= 4 is 17.1 Å². The van der Waals surface area contributed by atoms with Crippen molar-refractivity contribution in [1.29, 1.82) is 0 Å². The van der Waals surface area contributed by atoms with Gasteiger partial charge in [-0.25, -0.2) is 4.98 Å². The third-order valence-electron chi connectivity index (χ3n) is 3.13. The second-order valence-corrected chi connectivity index (χ2v) is 4.47. The van der Waals surface area contributed by atoms with Crippen LogP contribution in [0.2, 0.25) is 0 Å². The Labute approximate surface area is 101 Å². The van der Waals surface area contributed by atoms with Crippen molar-refractivity contribution in [2.75, 3.05) is 12.3 Å². The van der Waals surface area contributed by atoms with E-state index >= 15 is 0 Å². The minimum atomic E-state index is -0.662. The molecule has 3 unspecified atom stereocenters. The van der Waals surface area contributed by atoms with E-state index in [1.165, 1.54) is 10.9 Å². The van der Waals surface area contributed by atoms with E-state index in [0.717, 1.165) is 0 Å². The predicted molar refractivity (Wildman–Crippen MR) is 62.7 cm³/mol. The first-order valence-electron chi connectivity index (χ1n) is 5.60. The Kier molecular flexibility index (Phi) is 2.35. The average Bonchev–Trinajstić information content (AvgIpc) is 2.85. The molecule has 0 radical (unpaired) electrons. The highest BCUT2D eigenvalue weighted by Gasteiger charge is 2.35. The first kappa shape index (κ1) is 11.2. The molecule has 96 valence electrons. The van der Waals surface area contributed by atoms with E-state index in [9.17, 15) is 9.90 Å². The first-order chi connectivity index (χ1) is 8.58. The average molecular weight is 251 g/mol. The van der Waals surface area contributed by atoms with E-state index in [-0.39, 0.29) is 17.4 Å². The van der Waals surface area contributed by atoms with E-state index < -0.39 is 17.9 Å². The molecule has 3 heterocycles. The Balaban J connectivity index is 2.16. The molecular formula is C10H13N5O3. The number of aromatic nitrogens is 4. The normalized spacial score (nSPS) is 28.0. The monoisotopic (exact) mass is 251 g/mol. The lowest BCUT2D eigenvalue weighted by Crippen LogP contribution is -2.23. The second kappa shape index (κ2) is 3.79. The number of rotatable bonds is 1. The van der Waals surface area contributed by atoms with Gasteiger partial charge in [0.25, 0.3) is 5.56 Å². The zero-order chi connectivity index (χ0) is 12.9. The van der Waals surface area contributed by atoms with E-state index in [1.807, 2.05) is 6.92 Å².